The standard InChI is InChI=1S/C30H38N8O10S2/c1-30(2)22(27(40)38(30)48-50(43,44)45)10-24(39)26(23-16-49-29(33)35-23)36-47-25(28(41)42)15-46-21-8-5-17(6-9-21)18-4-7-20(37(3)14-18)13-34-19(11-31)12-32/h4-9,14,16,19,22,25,34H,10-13,15,31-32H2,1-3H3,(H3-,33,35,41,42,43,44,45)/b36-26-/t22-,25+/m1/s1. The number of ether oxygens (including phenoxy) is 1. The molecule has 0 bridgehead atoms. The van der Waals surface area contributed by atoms with Gasteiger partial charge in [-0.2, -0.15) is 9.35 Å². The molecule has 1 aliphatic heterocycles. The maximum atomic E-state index is 13.3. The zero-order valence-electron chi connectivity index (χ0n) is 27.3. The van der Waals surface area contributed by atoms with E-state index in [2.05, 4.69) is 19.7 Å². The molecular formula is C30H38N8O10S2. The molecule has 18 nitrogen and oxygen atoms in total. The molecule has 3 aromatic rings. The minimum atomic E-state index is -5.24. The summed E-state index contributed by atoms with van der Waals surface area (Å²) in [4.78, 5) is 47.2. The quantitative estimate of drug-likeness (QED) is 0.0273. The molecule has 20 heteroatoms. The summed E-state index contributed by atoms with van der Waals surface area (Å²) in [5, 5.41) is 18.7. The lowest BCUT2D eigenvalue weighted by Gasteiger charge is -2.51. The van der Waals surface area contributed by atoms with Crippen LogP contribution < -0.4 is 31.8 Å². The maximum absolute atomic E-state index is 13.3. The van der Waals surface area contributed by atoms with Crippen LogP contribution >= 0.6 is 11.3 Å². The summed E-state index contributed by atoms with van der Waals surface area (Å²) >= 11 is 0.977. The van der Waals surface area contributed by atoms with E-state index in [0.717, 1.165) is 28.2 Å². The van der Waals surface area contributed by atoms with Gasteiger partial charge in [-0.25, -0.2) is 22.8 Å². The molecule has 1 aliphatic rings. The smallest absolute Gasteiger partial charge is 0.351 e. The molecule has 1 fully saturated rings. The Labute approximate surface area is 291 Å². The van der Waals surface area contributed by atoms with Crippen LogP contribution in [0.25, 0.3) is 11.1 Å². The number of aryl methyl sites for hydroxylation is 1. The highest BCUT2D eigenvalue weighted by Crippen LogP contribution is 2.40. The van der Waals surface area contributed by atoms with Crippen molar-refractivity contribution in [2.45, 2.75) is 44.5 Å². The Bertz CT molecular complexity index is 1850. The lowest BCUT2D eigenvalue weighted by atomic mass is 9.74. The van der Waals surface area contributed by atoms with Crippen LogP contribution in [0, 0.1) is 5.92 Å². The first-order chi connectivity index (χ1) is 23.5. The number of amides is 1. The Hall–Kier alpha value is -4.57. The van der Waals surface area contributed by atoms with Gasteiger partial charge in [-0.3, -0.25) is 9.59 Å². The number of hydrogen-bond donors (Lipinski definition) is 5. The second-order valence-electron chi connectivity index (χ2n) is 11.8. The van der Waals surface area contributed by atoms with E-state index < -0.39 is 64.4 Å². The number of aliphatic carboxylic acids is 1. The molecule has 0 aliphatic carbocycles. The number of ketones is 1. The summed E-state index contributed by atoms with van der Waals surface area (Å²) < 4.78 is 44.9. The molecule has 0 spiro atoms. The second-order valence-corrected chi connectivity index (χ2v) is 13.7. The molecule has 2 aromatic heterocycles. The Kier molecular flexibility index (Phi) is 12.2. The number of anilines is 1. The lowest BCUT2D eigenvalue weighted by molar-refractivity contribution is -0.679. The van der Waals surface area contributed by atoms with Gasteiger partial charge in [0.15, 0.2) is 28.5 Å². The number of Topliss-reactive ketones (excluding diaryl/α,β-unsaturated/α-hetero) is 1. The first-order valence-electron chi connectivity index (χ1n) is 15.1. The van der Waals surface area contributed by atoms with Gasteiger partial charge >= 0.3 is 5.97 Å². The van der Waals surface area contributed by atoms with Gasteiger partial charge in [-0.15, -0.1) is 11.3 Å². The van der Waals surface area contributed by atoms with Crippen molar-refractivity contribution in [1.82, 2.24) is 15.4 Å². The van der Waals surface area contributed by atoms with Crippen LogP contribution in [0.5, 0.6) is 5.75 Å². The molecule has 270 valence electrons. The third kappa shape index (κ3) is 9.35. The normalized spacial score (nSPS) is 16.6. The van der Waals surface area contributed by atoms with Crippen molar-refractivity contribution in [1.29, 1.82) is 0 Å². The minimum Gasteiger partial charge on any atom is -0.724 e. The summed E-state index contributed by atoms with van der Waals surface area (Å²) in [7, 11) is -3.32. The molecule has 0 saturated carbocycles. The maximum Gasteiger partial charge on any atom is 0.351 e. The van der Waals surface area contributed by atoms with Gasteiger partial charge in [0.2, 0.25) is 10.4 Å². The van der Waals surface area contributed by atoms with Gasteiger partial charge in [0.05, 0.1) is 18.0 Å². The number of pyridine rings is 1. The summed E-state index contributed by atoms with van der Waals surface area (Å²) in [6, 6.07) is 10.9. The van der Waals surface area contributed by atoms with Crippen molar-refractivity contribution in [3.63, 3.8) is 0 Å². The van der Waals surface area contributed by atoms with Gasteiger partial charge in [-0.05, 0) is 37.6 Å². The fourth-order valence-corrected chi connectivity index (χ4v) is 5.96. The average Bonchev–Trinajstić information content (AvgIpc) is 3.50. The van der Waals surface area contributed by atoms with E-state index in [1.165, 1.54) is 19.2 Å². The Balaban J connectivity index is 1.42. The summed E-state index contributed by atoms with van der Waals surface area (Å²) in [5.41, 5.74) is 18.1. The van der Waals surface area contributed by atoms with Crippen molar-refractivity contribution in [3.05, 3.63) is 59.4 Å². The van der Waals surface area contributed by atoms with Gasteiger partial charge in [0.1, 0.15) is 25.1 Å². The molecule has 1 amide bonds. The van der Waals surface area contributed by atoms with E-state index in [9.17, 15) is 32.5 Å². The number of hydroxylamine groups is 2. The number of benzene rings is 1. The first kappa shape index (κ1) is 38.2. The van der Waals surface area contributed by atoms with Crippen molar-refractivity contribution in [2.24, 2.45) is 29.6 Å². The molecule has 8 N–H and O–H groups in total. The number of carbonyl (C=O) groups excluding carboxylic acids is 2. The average molecular weight is 735 g/mol. The fourth-order valence-electron chi connectivity index (χ4n) is 4.97. The van der Waals surface area contributed by atoms with Crippen molar-refractivity contribution in [3.8, 4) is 16.9 Å². The number of aromatic nitrogens is 2. The SMILES string of the molecule is C[n+]1cc(-c2ccc(OC[C@H](O/N=C(\C(=O)C[C@@H]3C(=O)N(OS(=O)(=O)[O-])C3(C)C)c3csc(N)n3)C(=O)O)cc2)ccc1CNC(CN)CN. The Morgan fingerprint density at radius 3 is 2.38 bits per heavy atom. The molecule has 1 aromatic carbocycles. The van der Waals surface area contributed by atoms with Crippen molar-refractivity contribution < 1.29 is 50.9 Å². The summed E-state index contributed by atoms with van der Waals surface area (Å²) in [6.45, 7) is 3.76. The number of nitrogen functional groups attached to an aromatic ring is 1. The molecule has 0 unspecified atom stereocenters. The molecule has 2 atom stereocenters. The summed E-state index contributed by atoms with van der Waals surface area (Å²) in [5.74, 6) is -3.93. The summed E-state index contributed by atoms with van der Waals surface area (Å²) in [6.07, 6.45) is -0.220. The van der Waals surface area contributed by atoms with Gasteiger partial charge in [0.25, 0.3) is 12.0 Å². The van der Waals surface area contributed by atoms with E-state index in [0.29, 0.717) is 30.4 Å². The zero-order valence-corrected chi connectivity index (χ0v) is 29.0. The number of oxime groups is 1. The fraction of sp³-hybridized carbons (Fsp3) is 0.400. The van der Waals surface area contributed by atoms with E-state index in [1.54, 1.807) is 12.1 Å². The number of nitrogens with two attached hydrogens (primary N) is 3. The van der Waals surface area contributed by atoms with Crippen molar-refractivity contribution in [2.75, 3.05) is 25.4 Å². The number of nitrogens with one attached hydrogen (secondary N) is 1. The zero-order chi connectivity index (χ0) is 36.8. The monoisotopic (exact) mass is 734 g/mol. The predicted molar refractivity (Wildman–Crippen MR) is 178 cm³/mol. The highest BCUT2D eigenvalue weighted by atomic mass is 32.3. The van der Waals surface area contributed by atoms with Crippen LogP contribution in [-0.2, 0) is 47.5 Å². The van der Waals surface area contributed by atoms with E-state index in [1.807, 2.05) is 42.1 Å². The first-order valence-corrected chi connectivity index (χ1v) is 17.3. The number of β-lactam (4-membered cyclic amide) rings is 1. The Morgan fingerprint density at radius 2 is 1.84 bits per heavy atom. The van der Waals surface area contributed by atoms with E-state index in [4.69, 9.17) is 26.8 Å². The second kappa shape index (κ2) is 16.0. The topological polar surface area (TPSA) is 279 Å². The molecule has 4 rings (SSSR count). The number of rotatable bonds is 18. The highest BCUT2D eigenvalue weighted by molar-refractivity contribution is 7.80. The van der Waals surface area contributed by atoms with Crippen LogP contribution in [0.4, 0.5) is 5.13 Å². The molecular weight excluding hydrogens is 697 g/mol. The van der Waals surface area contributed by atoms with Crippen LogP contribution in [0.1, 0.15) is 31.7 Å². The van der Waals surface area contributed by atoms with Crippen LogP contribution in [-0.4, -0.2) is 88.9 Å². The largest absolute Gasteiger partial charge is 0.724 e. The molecule has 1 saturated heterocycles. The molecule has 50 heavy (non-hydrogen) atoms. The molecule has 0 radical (unpaired) electrons. The van der Waals surface area contributed by atoms with Crippen molar-refractivity contribution >= 4 is 50.2 Å². The van der Waals surface area contributed by atoms with Crippen LogP contribution in [0.3, 0.4) is 0 Å². The minimum absolute atomic E-state index is 0.0180. The van der Waals surface area contributed by atoms with E-state index in [-0.39, 0.29) is 16.9 Å². The number of nitrogens with zero attached hydrogens (tertiary/aromatic N) is 4. The number of carbonyl (C=O) groups is 3. The molecule has 3 heterocycles. The van der Waals surface area contributed by atoms with Gasteiger partial charge < -0.3 is 41.8 Å². The number of hydrogen-bond acceptors (Lipinski definition) is 16. The highest BCUT2D eigenvalue weighted by Gasteiger charge is 2.57. The predicted octanol–water partition coefficient (Wildman–Crippen LogP) is -0.567. The number of carboxylic acids is 1. The number of thiazole rings is 1. The third-order valence-electron chi connectivity index (χ3n) is 7.98. The van der Waals surface area contributed by atoms with Crippen LogP contribution in [0.15, 0.2) is 53.1 Å². The number of carboxylic acid groups (broad SMARTS) is 1. The lowest BCUT2D eigenvalue weighted by Crippen LogP contribution is -2.68. The van der Waals surface area contributed by atoms with Gasteiger partial charge in [0, 0.05) is 42.6 Å². The van der Waals surface area contributed by atoms with Gasteiger partial charge in [-0.1, -0.05) is 17.3 Å². The van der Waals surface area contributed by atoms with Crippen LogP contribution in [0.2, 0.25) is 0 Å². The Morgan fingerprint density at radius 1 is 1.18 bits per heavy atom. The third-order valence-corrected chi connectivity index (χ3v) is 8.98. The van der Waals surface area contributed by atoms with E-state index >= 15 is 0 Å².